The van der Waals surface area contributed by atoms with Crippen molar-refractivity contribution in [3.8, 4) is 11.1 Å². The number of carbonyl (C=O) groups is 1. The first kappa shape index (κ1) is 14.2. The highest BCUT2D eigenvalue weighted by molar-refractivity contribution is 6.30. The summed E-state index contributed by atoms with van der Waals surface area (Å²) < 4.78 is 0. The molecule has 0 unspecified atom stereocenters. The smallest absolute Gasteiger partial charge is 0.126 e. The Kier molecular flexibility index (Phi) is 2.76. The van der Waals surface area contributed by atoms with Gasteiger partial charge in [-0.3, -0.25) is 4.98 Å². The van der Waals surface area contributed by atoms with Crippen molar-refractivity contribution < 1.29 is 4.79 Å². The van der Waals surface area contributed by atoms with Gasteiger partial charge in [-0.1, -0.05) is 35.9 Å². The average molecular weight is 334 g/mol. The molecule has 0 atom stereocenters. The molecule has 3 aromatic rings. The van der Waals surface area contributed by atoms with Crippen molar-refractivity contribution in [3.05, 3.63) is 65.3 Å². The molecular weight excluding hydrogens is 318 g/mol. The van der Waals surface area contributed by atoms with E-state index in [1.165, 1.54) is 10.9 Å². The van der Waals surface area contributed by atoms with E-state index >= 15 is 0 Å². The fourth-order valence-corrected chi connectivity index (χ4v) is 4.84. The summed E-state index contributed by atoms with van der Waals surface area (Å²) in [4.78, 5) is 15.8. The zero-order valence-electron chi connectivity index (χ0n) is 13.1. The largest absolute Gasteiger partial charge is 0.303 e. The molecule has 3 aliphatic rings. The summed E-state index contributed by atoms with van der Waals surface area (Å²) in [5.41, 5.74) is 4.86. The predicted molar refractivity (Wildman–Crippen MR) is 96.2 cm³/mol. The van der Waals surface area contributed by atoms with Crippen LogP contribution in [0.2, 0.25) is 5.02 Å². The Bertz CT molecular complexity index is 957. The van der Waals surface area contributed by atoms with Crippen LogP contribution in [0.1, 0.15) is 24.8 Å². The molecule has 3 saturated carbocycles. The molecule has 3 fully saturated rings. The summed E-state index contributed by atoms with van der Waals surface area (Å²) >= 11 is 5.98. The predicted octanol–water partition coefficient (Wildman–Crippen LogP) is 5.18. The topological polar surface area (TPSA) is 30.0 Å². The van der Waals surface area contributed by atoms with E-state index in [0.29, 0.717) is 0 Å². The molecule has 6 rings (SSSR count). The van der Waals surface area contributed by atoms with Crippen molar-refractivity contribution >= 4 is 28.8 Å². The molecule has 3 aliphatic carbocycles. The maximum atomic E-state index is 11.2. The number of fused-ring (bicyclic) bond motifs is 1. The number of pyridine rings is 1. The summed E-state index contributed by atoms with van der Waals surface area (Å²) in [6.07, 6.45) is 6.07. The SMILES string of the molecule is O=CC12CC(c3ccnc4cc(-c5ccc(Cl)cc5)ccc34)(C1)C2. The van der Waals surface area contributed by atoms with Gasteiger partial charge in [-0.2, -0.15) is 0 Å². The second kappa shape index (κ2) is 4.67. The molecule has 24 heavy (non-hydrogen) atoms. The lowest BCUT2D eigenvalue weighted by Gasteiger charge is -2.68. The second-order valence-electron chi connectivity index (χ2n) is 7.39. The molecule has 3 heteroatoms. The second-order valence-corrected chi connectivity index (χ2v) is 7.82. The van der Waals surface area contributed by atoms with Crippen LogP contribution in [0.25, 0.3) is 22.0 Å². The molecule has 2 aromatic carbocycles. The third kappa shape index (κ3) is 1.83. The van der Waals surface area contributed by atoms with E-state index in [1.54, 1.807) is 0 Å². The highest BCUT2D eigenvalue weighted by Gasteiger charge is 2.68. The van der Waals surface area contributed by atoms with Crippen molar-refractivity contribution in [1.82, 2.24) is 4.98 Å². The van der Waals surface area contributed by atoms with Crippen LogP contribution < -0.4 is 0 Å². The average Bonchev–Trinajstić information content (AvgIpc) is 2.53. The van der Waals surface area contributed by atoms with Crippen molar-refractivity contribution in [2.75, 3.05) is 0 Å². The van der Waals surface area contributed by atoms with Gasteiger partial charge < -0.3 is 4.79 Å². The molecule has 0 aliphatic heterocycles. The van der Waals surface area contributed by atoms with Gasteiger partial charge in [0.05, 0.1) is 5.52 Å². The van der Waals surface area contributed by atoms with Gasteiger partial charge in [0.15, 0.2) is 0 Å². The van der Waals surface area contributed by atoms with Gasteiger partial charge >= 0.3 is 0 Å². The van der Waals surface area contributed by atoms with E-state index < -0.39 is 0 Å². The lowest BCUT2D eigenvalue weighted by Crippen LogP contribution is -2.65. The molecule has 2 nitrogen and oxygen atoms in total. The molecule has 118 valence electrons. The van der Waals surface area contributed by atoms with Crippen LogP contribution >= 0.6 is 11.6 Å². The van der Waals surface area contributed by atoms with Crippen LogP contribution in [-0.2, 0) is 10.2 Å². The molecule has 0 saturated heterocycles. The van der Waals surface area contributed by atoms with Crippen LogP contribution in [0.4, 0.5) is 0 Å². The zero-order valence-corrected chi connectivity index (χ0v) is 13.9. The van der Waals surface area contributed by atoms with Crippen LogP contribution in [-0.4, -0.2) is 11.3 Å². The third-order valence-electron chi connectivity index (χ3n) is 5.81. The lowest BCUT2D eigenvalue weighted by atomic mass is 9.34. The number of benzene rings is 2. The monoisotopic (exact) mass is 333 g/mol. The summed E-state index contributed by atoms with van der Waals surface area (Å²) in [7, 11) is 0. The molecule has 0 amide bonds. The Morgan fingerprint density at radius 1 is 0.958 bits per heavy atom. The van der Waals surface area contributed by atoms with Crippen molar-refractivity contribution in [2.24, 2.45) is 5.41 Å². The minimum Gasteiger partial charge on any atom is -0.303 e. The fourth-order valence-electron chi connectivity index (χ4n) is 4.71. The highest BCUT2D eigenvalue weighted by Crippen LogP contribution is 2.73. The van der Waals surface area contributed by atoms with Gasteiger partial charge in [-0.25, -0.2) is 0 Å². The number of nitrogens with zero attached hydrogens (tertiary/aromatic N) is 1. The minimum atomic E-state index is -0.0150. The molecule has 2 bridgehead atoms. The first-order valence-electron chi connectivity index (χ1n) is 8.25. The number of aldehydes is 1. The number of carbonyl (C=O) groups excluding carboxylic acids is 1. The van der Waals surface area contributed by atoms with Gasteiger partial charge in [0.25, 0.3) is 0 Å². The van der Waals surface area contributed by atoms with E-state index in [1.807, 2.05) is 30.5 Å². The number of aromatic nitrogens is 1. The van der Waals surface area contributed by atoms with Crippen LogP contribution in [0.5, 0.6) is 0 Å². The van der Waals surface area contributed by atoms with E-state index in [0.717, 1.165) is 47.2 Å². The zero-order chi connectivity index (χ0) is 16.4. The van der Waals surface area contributed by atoms with Crippen molar-refractivity contribution in [2.45, 2.75) is 24.7 Å². The van der Waals surface area contributed by atoms with E-state index in [9.17, 15) is 4.79 Å². The van der Waals surface area contributed by atoms with E-state index in [-0.39, 0.29) is 10.8 Å². The highest BCUT2D eigenvalue weighted by atomic mass is 35.5. The standard InChI is InChI=1S/C21H16ClNO/c22-16-4-1-14(2-5-16)15-3-6-17-18(7-8-23-19(17)9-15)21-10-20(11-21,12-21)13-24/h1-9,13H,10-12H2. The number of halogens is 1. The Labute approximate surface area is 145 Å². The number of hydrogen-bond acceptors (Lipinski definition) is 2. The normalized spacial score (nSPS) is 27.4. The molecule has 0 N–H and O–H groups in total. The molecule has 0 radical (unpaired) electrons. The van der Waals surface area contributed by atoms with Gasteiger partial charge in [0, 0.05) is 22.0 Å². The maximum Gasteiger partial charge on any atom is 0.126 e. The fraction of sp³-hybridized carbons (Fsp3) is 0.238. The van der Waals surface area contributed by atoms with Crippen molar-refractivity contribution in [3.63, 3.8) is 0 Å². The number of rotatable bonds is 3. The Morgan fingerprint density at radius 3 is 2.38 bits per heavy atom. The quantitative estimate of drug-likeness (QED) is 0.618. The maximum absolute atomic E-state index is 11.2. The van der Waals surface area contributed by atoms with E-state index in [2.05, 4.69) is 29.2 Å². The Morgan fingerprint density at radius 2 is 1.67 bits per heavy atom. The van der Waals surface area contributed by atoms with Crippen LogP contribution in [0.15, 0.2) is 54.7 Å². The van der Waals surface area contributed by atoms with Crippen molar-refractivity contribution in [1.29, 1.82) is 0 Å². The van der Waals surface area contributed by atoms with Gasteiger partial charge in [0.2, 0.25) is 0 Å². The summed E-state index contributed by atoms with van der Waals surface area (Å²) in [6, 6.07) is 16.5. The summed E-state index contributed by atoms with van der Waals surface area (Å²) in [5, 5.41) is 1.96. The Hall–Kier alpha value is -2.19. The summed E-state index contributed by atoms with van der Waals surface area (Å²) in [5.74, 6) is 0. The summed E-state index contributed by atoms with van der Waals surface area (Å²) in [6.45, 7) is 0. The molecule has 1 heterocycles. The number of hydrogen-bond donors (Lipinski definition) is 0. The van der Waals surface area contributed by atoms with Crippen LogP contribution in [0.3, 0.4) is 0 Å². The molecule has 0 spiro atoms. The van der Waals surface area contributed by atoms with Gasteiger partial charge in [-0.05, 0) is 65.6 Å². The lowest BCUT2D eigenvalue weighted by molar-refractivity contribution is -0.159. The first-order chi connectivity index (χ1) is 11.6. The van der Waals surface area contributed by atoms with Gasteiger partial charge in [-0.15, -0.1) is 0 Å². The van der Waals surface area contributed by atoms with Gasteiger partial charge in [0.1, 0.15) is 6.29 Å². The van der Waals surface area contributed by atoms with Crippen LogP contribution in [0, 0.1) is 5.41 Å². The minimum absolute atomic E-state index is 0.0150. The third-order valence-corrected chi connectivity index (χ3v) is 6.06. The molecular formula is C21H16ClNO. The molecule has 1 aromatic heterocycles. The van der Waals surface area contributed by atoms with E-state index in [4.69, 9.17) is 11.6 Å². The Balaban J connectivity index is 1.58. The first-order valence-corrected chi connectivity index (χ1v) is 8.63.